The van der Waals surface area contributed by atoms with Crippen molar-refractivity contribution in [3.63, 3.8) is 0 Å². The van der Waals surface area contributed by atoms with Gasteiger partial charge in [0.05, 0.1) is 10.9 Å². The largest absolute Gasteiger partial charge is 0.497 e. The number of nitrogens with one attached hydrogen (secondary N) is 1. The molecule has 2 aromatic rings. The van der Waals surface area contributed by atoms with Crippen molar-refractivity contribution in [2.75, 3.05) is 7.11 Å². The molecule has 0 bridgehead atoms. The second-order valence-electron chi connectivity index (χ2n) is 4.09. The van der Waals surface area contributed by atoms with Crippen LogP contribution in [0.15, 0.2) is 40.2 Å². The summed E-state index contributed by atoms with van der Waals surface area (Å²) in [5.41, 5.74) is 1.24. The molecule has 1 aromatic carbocycles. The maximum Gasteiger partial charge on any atom is 0.119 e. The van der Waals surface area contributed by atoms with Crippen molar-refractivity contribution in [2.45, 2.75) is 19.5 Å². The molecule has 0 radical (unpaired) electrons. The minimum Gasteiger partial charge on any atom is -0.497 e. The molecule has 0 aliphatic carbocycles. The van der Waals surface area contributed by atoms with Crippen LogP contribution in [0.1, 0.15) is 23.4 Å². The first-order valence-electron chi connectivity index (χ1n) is 5.80. The van der Waals surface area contributed by atoms with Crippen LogP contribution in [-0.2, 0) is 6.54 Å². The Morgan fingerprint density at radius 1 is 1.33 bits per heavy atom. The molecule has 0 aliphatic heterocycles. The van der Waals surface area contributed by atoms with Crippen molar-refractivity contribution >= 4 is 27.3 Å². The molecule has 0 saturated carbocycles. The molecule has 0 unspecified atom stereocenters. The number of hydrogen-bond donors (Lipinski definition) is 1. The Morgan fingerprint density at radius 2 is 2.17 bits per heavy atom. The predicted molar refractivity (Wildman–Crippen MR) is 80.3 cm³/mol. The van der Waals surface area contributed by atoms with E-state index in [1.807, 2.05) is 12.1 Å². The third kappa shape index (κ3) is 3.57. The lowest BCUT2D eigenvalue weighted by Crippen LogP contribution is -2.17. The smallest absolute Gasteiger partial charge is 0.119 e. The summed E-state index contributed by atoms with van der Waals surface area (Å²) in [6, 6.07) is 12.7. The van der Waals surface area contributed by atoms with Gasteiger partial charge in [0, 0.05) is 17.5 Å². The average molecular weight is 326 g/mol. The number of halogens is 1. The van der Waals surface area contributed by atoms with E-state index in [0.717, 1.165) is 12.3 Å². The van der Waals surface area contributed by atoms with Gasteiger partial charge in [0.25, 0.3) is 0 Å². The Hall–Kier alpha value is -0.840. The molecular formula is C14H16BrNOS. The van der Waals surface area contributed by atoms with Crippen molar-refractivity contribution in [2.24, 2.45) is 0 Å². The molecular weight excluding hydrogens is 310 g/mol. The first kappa shape index (κ1) is 13.6. The topological polar surface area (TPSA) is 21.3 Å². The second kappa shape index (κ2) is 6.36. The molecule has 18 heavy (non-hydrogen) atoms. The van der Waals surface area contributed by atoms with E-state index in [0.29, 0.717) is 6.04 Å². The molecule has 96 valence electrons. The minimum atomic E-state index is 0.306. The lowest BCUT2D eigenvalue weighted by molar-refractivity contribution is 0.413. The van der Waals surface area contributed by atoms with Crippen LogP contribution in [0.5, 0.6) is 5.75 Å². The Kier molecular flexibility index (Phi) is 4.80. The summed E-state index contributed by atoms with van der Waals surface area (Å²) in [6.07, 6.45) is 0. The first-order chi connectivity index (χ1) is 8.69. The predicted octanol–water partition coefficient (Wildman–Crippen LogP) is 4.37. The van der Waals surface area contributed by atoms with Gasteiger partial charge in [-0.1, -0.05) is 12.1 Å². The van der Waals surface area contributed by atoms with Gasteiger partial charge in [0.2, 0.25) is 0 Å². The monoisotopic (exact) mass is 325 g/mol. The molecule has 4 heteroatoms. The second-order valence-corrected chi connectivity index (χ2v) is 6.63. The zero-order valence-electron chi connectivity index (χ0n) is 10.4. The van der Waals surface area contributed by atoms with Crippen LogP contribution in [-0.4, -0.2) is 7.11 Å². The molecule has 0 amide bonds. The Morgan fingerprint density at radius 3 is 2.83 bits per heavy atom. The van der Waals surface area contributed by atoms with Crippen molar-refractivity contribution in [1.29, 1.82) is 0 Å². The molecule has 1 heterocycles. The normalized spacial score (nSPS) is 12.4. The molecule has 2 rings (SSSR count). The summed E-state index contributed by atoms with van der Waals surface area (Å²) in [4.78, 5) is 1.33. The van der Waals surface area contributed by atoms with Crippen molar-refractivity contribution in [1.82, 2.24) is 5.32 Å². The zero-order chi connectivity index (χ0) is 13.0. The summed E-state index contributed by atoms with van der Waals surface area (Å²) < 4.78 is 6.41. The molecule has 0 aliphatic rings. The molecule has 1 N–H and O–H groups in total. The van der Waals surface area contributed by atoms with E-state index in [9.17, 15) is 0 Å². The number of benzene rings is 1. The van der Waals surface area contributed by atoms with Gasteiger partial charge >= 0.3 is 0 Å². The van der Waals surface area contributed by atoms with Gasteiger partial charge in [0.15, 0.2) is 0 Å². The van der Waals surface area contributed by atoms with Crippen LogP contribution in [0.4, 0.5) is 0 Å². The van der Waals surface area contributed by atoms with Crippen molar-refractivity contribution < 1.29 is 4.74 Å². The third-order valence-corrected chi connectivity index (χ3v) is 4.43. The fraction of sp³-hybridized carbons (Fsp3) is 0.286. The number of rotatable bonds is 5. The van der Waals surface area contributed by atoms with E-state index >= 15 is 0 Å². The number of thiophene rings is 1. The SMILES string of the molecule is COc1cccc([C@H](C)NCc2ccc(Br)s2)c1. The Balaban J connectivity index is 1.96. The summed E-state index contributed by atoms with van der Waals surface area (Å²) in [5, 5.41) is 3.51. The van der Waals surface area contributed by atoms with Crippen molar-refractivity contribution in [3.8, 4) is 5.75 Å². The van der Waals surface area contributed by atoms with Crippen LogP contribution >= 0.6 is 27.3 Å². The summed E-state index contributed by atoms with van der Waals surface area (Å²) in [5.74, 6) is 0.903. The molecule has 1 atom stereocenters. The van der Waals surface area contributed by atoms with E-state index in [1.54, 1.807) is 18.4 Å². The summed E-state index contributed by atoms with van der Waals surface area (Å²) in [6.45, 7) is 3.05. The molecule has 0 fully saturated rings. The molecule has 2 nitrogen and oxygen atoms in total. The van der Waals surface area contributed by atoms with Gasteiger partial charge in [-0.15, -0.1) is 11.3 Å². The fourth-order valence-electron chi connectivity index (χ4n) is 1.73. The fourth-order valence-corrected chi connectivity index (χ4v) is 3.16. The number of methoxy groups -OCH3 is 1. The minimum absolute atomic E-state index is 0.306. The van der Waals surface area contributed by atoms with Gasteiger partial charge in [-0.25, -0.2) is 0 Å². The molecule has 0 spiro atoms. The van der Waals surface area contributed by atoms with Gasteiger partial charge in [-0.2, -0.15) is 0 Å². The lowest BCUT2D eigenvalue weighted by Gasteiger charge is -2.14. The highest BCUT2D eigenvalue weighted by Gasteiger charge is 2.06. The van der Waals surface area contributed by atoms with Crippen LogP contribution in [0.25, 0.3) is 0 Å². The third-order valence-electron chi connectivity index (χ3n) is 2.81. The molecule has 1 aromatic heterocycles. The highest BCUT2D eigenvalue weighted by Crippen LogP contribution is 2.23. The molecule has 0 saturated heterocycles. The first-order valence-corrected chi connectivity index (χ1v) is 7.41. The lowest BCUT2D eigenvalue weighted by atomic mass is 10.1. The van der Waals surface area contributed by atoms with E-state index < -0.39 is 0 Å². The van der Waals surface area contributed by atoms with Crippen molar-refractivity contribution in [3.05, 3.63) is 50.6 Å². The standard InChI is InChI=1S/C14H16BrNOS/c1-10(11-4-3-5-12(8-11)17-2)16-9-13-6-7-14(15)18-13/h3-8,10,16H,9H2,1-2H3/t10-/m0/s1. The van der Waals surface area contributed by atoms with Gasteiger partial charge < -0.3 is 10.1 Å². The zero-order valence-corrected chi connectivity index (χ0v) is 12.8. The van der Waals surface area contributed by atoms with E-state index in [1.165, 1.54) is 14.2 Å². The van der Waals surface area contributed by atoms with E-state index in [4.69, 9.17) is 4.74 Å². The Labute approximate surface area is 120 Å². The van der Waals surface area contributed by atoms with Gasteiger partial charge in [-0.05, 0) is 52.7 Å². The number of ether oxygens (including phenoxy) is 1. The van der Waals surface area contributed by atoms with Crippen LogP contribution in [0.3, 0.4) is 0 Å². The quantitative estimate of drug-likeness (QED) is 0.881. The van der Waals surface area contributed by atoms with Gasteiger partial charge in [0.1, 0.15) is 5.75 Å². The maximum absolute atomic E-state index is 5.24. The summed E-state index contributed by atoms with van der Waals surface area (Å²) >= 11 is 5.24. The van der Waals surface area contributed by atoms with Crippen LogP contribution in [0.2, 0.25) is 0 Å². The maximum atomic E-state index is 5.24. The Bertz CT molecular complexity index is 512. The van der Waals surface area contributed by atoms with Crippen LogP contribution in [0, 0.1) is 0 Å². The van der Waals surface area contributed by atoms with E-state index in [-0.39, 0.29) is 0 Å². The highest BCUT2D eigenvalue weighted by molar-refractivity contribution is 9.11. The van der Waals surface area contributed by atoms with Crippen LogP contribution < -0.4 is 10.1 Å². The number of hydrogen-bond acceptors (Lipinski definition) is 3. The summed E-state index contributed by atoms with van der Waals surface area (Å²) in [7, 11) is 1.69. The highest BCUT2D eigenvalue weighted by atomic mass is 79.9. The van der Waals surface area contributed by atoms with E-state index in [2.05, 4.69) is 52.4 Å². The average Bonchev–Trinajstić information content (AvgIpc) is 2.82. The van der Waals surface area contributed by atoms with Gasteiger partial charge in [-0.3, -0.25) is 0 Å².